The minimum atomic E-state index is -0.00730. The number of hydrogen-bond acceptors (Lipinski definition) is 6. The Balaban J connectivity index is 1.90. The van der Waals surface area contributed by atoms with Crippen molar-refractivity contribution < 1.29 is 4.74 Å². The highest BCUT2D eigenvalue weighted by molar-refractivity contribution is 7.98. The lowest BCUT2D eigenvalue weighted by Crippen LogP contribution is -2.22. The number of thioether (sulfide) groups is 1. The molecule has 0 fully saturated rings. The molecule has 0 N–H and O–H groups in total. The van der Waals surface area contributed by atoms with E-state index in [1.165, 1.54) is 23.3 Å². The SMILES string of the molecule is COc1ccc(-n2c(=O)c3c4c(sc3n3c(SC)nnc23)CCCCC4)cc1. The fourth-order valence-corrected chi connectivity index (χ4v) is 5.90. The highest BCUT2D eigenvalue weighted by Gasteiger charge is 2.24. The Hall–Kier alpha value is -2.32. The van der Waals surface area contributed by atoms with E-state index in [-0.39, 0.29) is 5.56 Å². The first-order valence-electron chi connectivity index (χ1n) is 9.35. The summed E-state index contributed by atoms with van der Waals surface area (Å²) in [5.41, 5.74) is 1.99. The lowest BCUT2D eigenvalue weighted by molar-refractivity contribution is 0.414. The Morgan fingerprint density at radius 2 is 1.89 bits per heavy atom. The topological polar surface area (TPSA) is 61.4 Å². The van der Waals surface area contributed by atoms with E-state index < -0.39 is 0 Å². The Morgan fingerprint density at radius 1 is 1.11 bits per heavy atom. The largest absolute Gasteiger partial charge is 0.497 e. The van der Waals surface area contributed by atoms with Crippen LogP contribution in [0, 0.1) is 0 Å². The van der Waals surface area contributed by atoms with Gasteiger partial charge in [0.05, 0.1) is 18.2 Å². The molecule has 5 rings (SSSR count). The van der Waals surface area contributed by atoms with E-state index in [0.717, 1.165) is 46.1 Å². The first-order valence-corrected chi connectivity index (χ1v) is 11.4. The van der Waals surface area contributed by atoms with Gasteiger partial charge in [0, 0.05) is 4.88 Å². The molecule has 8 heteroatoms. The predicted octanol–water partition coefficient (Wildman–Crippen LogP) is 4.09. The lowest BCUT2D eigenvalue weighted by atomic mass is 10.1. The molecule has 4 aromatic rings. The number of benzene rings is 1. The lowest BCUT2D eigenvalue weighted by Gasteiger charge is -2.10. The van der Waals surface area contributed by atoms with Crippen molar-refractivity contribution in [1.82, 2.24) is 19.2 Å². The number of nitrogens with zero attached hydrogens (tertiary/aromatic N) is 4. The Bertz CT molecular complexity index is 1240. The standard InChI is InChI=1S/C20H20N4O2S2/c1-26-13-10-8-12(9-11-13)23-17(25)16-14-6-4-3-5-7-15(14)28-18(16)24-19(23)21-22-20(24)27-2/h8-11H,3-7H2,1-2H3. The van der Waals surface area contributed by atoms with E-state index in [0.29, 0.717) is 5.78 Å². The van der Waals surface area contributed by atoms with Crippen molar-refractivity contribution in [2.45, 2.75) is 37.3 Å². The molecule has 0 amide bonds. The zero-order chi connectivity index (χ0) is 19.3. The van der Waals surface area contributed by atoms with Crippen LogP contribution in [0.1, 0.15) is 29.7 Å². The zero-order valence-electron chi connectivity index (χ0n) is 15.8. The summed E-state index contributed by atoms with van der Waals surface area (Å²) in [6, 6.07) is 7.51. The van der Waals surface area contributed by atoms with Crippen molar-refractivity contribution in [3.05, 3.63) is 45.1 Å². The van der Waals surface area contributed by atoms with E-state index in [1.54, 1.807) is 34.8 Å². The summed E-state index contributed by atoms with van der Waals surface area (Å²) in [4.78, 5) is 16.0. The summed E-state index contributed by atoms with van der Waals surface area (Å²) in [6.45, 7) is 0. The smallest absolute Gasteiger partial charge is 0.268 e. The fourth-order valence-electron chi connectivity index (χ4n) is 3.99. The molecule has 6 nitrogen and oxygen atoms in total. The van der Waals surface area contributed by atoms with Crippen molar-refractivity contribution >= 4 is 39.1 Å². The molecule has 28 heavy (non-hydrogen) atoms. The molecular formula is C20H20N4O2S2. The van der Waals surface area contributed by atoms with Crippen molar-refractivity contribution in [3.63, 3.8) is 0 Å². The number of hydrogen-bond donors (Lipinski definition) is 0. The van der Waals surface area contributed by atoms with E-state index in [4.69, 9.17) is 4.74 Å². The van der Waals surface area contributed by atoms with E-state index in [9.17, 15) is 4.79 Å². The molecule has 1 aliphatic rings. The third kappa shape index (κ3) is 2.58. The molecule has 3 aromatic heterocycles. The second-order valence-electron chi connectivity index (χ2n) is 6.91. The number of rotatable bonds is 3. The van der Waals surface area contributed by atoms with E-state index >= 15 is 0 Å². The maximum Gasteiger partial charge on any atom is 0.268 e. The first-order chi connectivity index (χ1) is 13.7. The van der Waals surface area contributed by atoms with Crippen molar-refractivity contribution in [2.75, 3.05) is 13.4 Å². The molecular weight excluding hydrogens is 392 g/mol. The predicted molar refractivity (Wildman–Crippen MR) is 114 cm³/mol. The van der Waals surface area contributed by atoms with Gasteiger partial charge in [-0.2, -0.15) is 0 Å². The summed E-state index contributed by atoms with van der Waals surface area (Å²) in [5.74, 6) is 1.31. The van der Waals surface area contributed by atoms with Crippen LogP contribution in [-0.4, -0.2) is 32.5 Å². The number of ether oxygens (including phenoxy) is 1. The van der Waals surface area contributed by atoms with Crippen molar-refractivity contribution in [1.29, 1.82) is 0 Å². The summed E-state index contributed by atoms with van der Waals surface area (Å²) in [5, 5.41) is 10.4. The Kier molecular flexibility index (Phi) is 4.40. The average Bonchev–Trinajstić information content (AvgIpc) is 3.23. The van der Waals surface area contributed by atoms with Crippen LogP contribution in [0.25, 0.3) is 21.7 Å². The molecule has 3 heterocycles. The molecule has 0 bridgehead atoms. The van der Waals surface area contributed by atoms with Crippen LogP contribution in [-0.2, 0) is 12.8 Å². The van der Waals surface area contributed by atoms with Crippen LogP contribution < -0.4 is 10.3 Å². The Morgan fingerprint density at radius 3 is 2.64 bits per heavy atom. The third-order valence-electron chi connectivity index (χ3n) is 5.35. The molecule has 0 unspecified atom stereocenters. The van der Waals surface area contributed by atoms with E-state index in [2.05, 4.69) is 10.2 Å². The Labute approximate surface area is 170 Å². The van der Waals surface area contributed by atoms with E-state index in [1.807, 2.05) is 34.9 Å². The number of thiophene rings is 1. The molecule has 0 aliphatic heterocycles. The molecule has 0 saturated carbocycles. The van der Waals surface area contributed by atoms with Gasteiger partial charge in [0.15, 0.2) is 5.16 Å². The molecule has 0 radical (unpaired) electrons. The molecule has 1 aliphatic carbocycles. The fraction of sp³-hybridized carbons (Fsp3) is 0.350. The summed E-state index contributed by atoms with van der Waals surface area (Å²) in [6.07, 6.45) is 7.55. The van der Waals surface area contributed by atoms with Gasteiger partial charge in [0.25, 0.3) is 5.56 Å². The number of aryl methyl sites for hydroxylation is 2. The molecule has 0 atom stereocenters. The molecule has 0 spiro atoms. The third-order valence-corrected chi connectivity index (χ3v) is 7.26. The summed E-state index contributed by atoms with van der Waals surface area (Å²) < 4.78 is 9.00. The zero-order valence-corrected chi connectivity index (χ0v) is 17.4. The molecule has 144 valence electrons. The molecule has 0 saturated heterocycles. The van der Waals surface area contributed by atoms with Crippen LogP contribution >= 0.6 is 23.1 Å². The van der Waals surface area contributed by atoms with Gasteiger partial charge in [-0.05, 0) is 61.8 Å². The second-order valence-corrected chi connectivity index (χ2v) is 8.76. The quantitative estimate of drug-likeness (QED) is 0.375. The van der Waals surface area contributed by atoms with Gasteiger partial charge in [0.2, 0.25) is 5.78 Å². The minimum absolute atomic E-state index is 0.00730. The second kappa shape index (κ2) is 6.93. The van der Waals surface area contributed by atoms with Crippen LogP contribution in [0.3, 0.4) is 0 Å². The van der Waals surface area contributed by atoms with Gasteiger partial charge in [-0.15, -0.1) is 21.5 Å². The van der Waals surface area contributed by atoms with Crippen LogP contribution in [0.5, 0.6) is 5.75 Å². The highest BCUT2D eigenvalue weighted by atomic mass is 32.2. The van der Waals surface area contributed by atoms with Gasteiger partial charge >= 0.3 is 0 Å². The normalized spacial score (nSPS) is 14.4. The monoisotopic (exact) mass is 412 g/mol. The number of fused-ring (bicyclic) bond motifs is 5. The first kappa shape index (κ1) is 17.8. The van der Waals surface area contributed by atoms with Gasteiger partial charge in [-0.3, -0.25) is 4.79 Å². The van der Waals surface area contributed by atoms with Crippen LogP contribution in [0.4, 0.5) is 0 Å². The van der Waals surface area contributed by atoms with Crippen LogP contribution in [0.15, 0.2) is 34.2 Å². The van der Waals surface area contributed by atoms with Crippen molar-refractivity contribution in [2.24, 2.45) is 0 Å². The number of aromatic nitrogens is 4. The average molecular weight is 413 g/mol. The van der Waals surface area contributed by atoms with Gasteiger partial charge in [-0.1, -0.05) is 18.2 Å². The maximum atomic E-state index is 13.7. The van der Waals surface area contributed by atoms with Crippen LogP contribution in [0.2, 0.25) is 0 Å². The van der Waals surface area contributed by atoms with Crippen molar-refractivity contribution in [3.8, 4) is 11.4 Å². The molecule has 1 aromatic carbocycles. The number of methoxy groups -OCH3 is 1. The van der Waals surface area contributed by atoms with Gasteiger partial charge in [0.1, 0.15) is 10.6 Å². The summed E-state index contributed by atoms with van der Waals surface area (Å²) in [7, 11) is 1.63. The summed E-state index contributed by atoms with van der Waals surface area (Å²) >= 11 is 3.28. The maximum absolute atomic E-state index is 13.7. The minimum Gasteiger partial charge on any atom is -0.497 e. The van der Waals surface area contributed by atoms with Gasteiger partial charge in [-0.25, -0.2) is 8.97 Å². The highest BCUT2D eigenvalue weighted by Crippen LogP contribution is 2.36. The van der Waals surface area contributed by atoms with Gasteiger partial charge < -0.3 is 4.74 Å².